The number of unbranched alkanes of at least 4 members (excludes halogenated alkanes) is 7. The second-order valence-electron chi connectivity index (χ2n) is 5.82. The molecule has 0 aliphatic rings. The molecule has 0 saturated carbocycles. The molecule has 0 aliphatic heterocycles. The minimum Gasteiger partial charge on any atom is -0.394 e. The second kappa shape index (κ2) is 14.1. The zero-order valence-electron chi connectivity index (χ0n) is 13.7. The van der Waals surface area contributed by atoms with Gasteiger partial charge in [0.25, 0.3) is 0 Å². The predicted molar refractivity (Wildman–Crippen MR) is 85.6 cm³/mol. The molecule has 0 aliphatic carbocycles. The van der Waals surface area contributed by atoms with Crippen LogP contribution in [0, 0.1) is 0 Å². The summed E-state index contributed by atoms with van der Waals surface area (Å²) in [5, 5.41) is 40.5. The minimum absolute atomic E-state index is 0.318. The number of aliphatic hydroxyl groups is 4. The SMILES string of the molecule is CCCCCCCCCCN[C@@H]([C@H](O)[C@H](O)CO)[C@@H](O)C=O. The van der Waals surface area contributed by atoms with Crippen LogP contribution in [0.5, 0.6) is 0 Å². The summed E-state index contributed by atoms with van der Waals surface area (Å²) in [7, 11) is 0. The lowest BCUT2D eigenvalue weighted by molar-refractivity contribution is -0.120. The topological polar surface area (TPSA) is 110 Å². The van der Waals surface area contributed by atoms with Gasteiger partial charge >= 0.3 is 0 Å². The van der Waals surface area contributed by atoms with Crippen molar-refractivity contribution in [2.75, 3.05) is 13.2 Å². The van der Waals surface area contributed by atoms with Gasteiger partial charge in [0.1, 0.15) is 24.6 Å². The van der Waals surface area contributed by atoms with Crippen molar-refractivity contribution < 1.29 is 25.2 Å². The maximum atomic E-state index is 10.7. The molecule has 0 aromatic carbocycles. The van der Waals surface area contributed by atoms with Crippen molar-refractivity contribution in [3.8, 4) is 0 Å². The van der Waals surface area contributed by atoms with Crippen molar-refractivity contribution in [3.05, 3.63) is 0 Å². The lowest BCUT2D eigenvalue weighted by atomic mass is 10.0. The molecule has 0 amide bonds. The molecule has 0 heterocycles. The predicted octanol–water partition coefficient (Wildman–Crippen LogP) is 0.359. The number of aldehydes is 1. The van der Waals surface area contributed by atoms with E-state index in [0.29, 0.717) is 12.8 Å². The molecule has 0 bridgehead atoms. The molecule has 0 saturated heterocycles. The Morgan fingerprint density at radius 2 is 1.50 bits per heavy atom. The summed E-state index contributed by atoms with van der Waals surface area (Å²) in [5.74, 6) is 0. The Bertz CT molecular complexity index is 265. The van der Waals surface area contributed by atoms with Gasteiger partial charge in [0.05, 0.1) is 12.6 Å². The third-order valence-corrected chi connectivity index (χ3v) is 3.87. The number of carbonyl (C=O) groups excluding carboxylic acids is 1. The summed E-state index contributed by atoms with van der Waals surface area (Å²) in [6, 6.07) is -0.968. The molecule has 22 heavy (non-hydrogen) atoms. The number of rotatable bonds is 15. The second-order valence-corrected chi connectivity index (χ2v) is 5.82. The van der Waals surface area contributed by atoms with Crippen LogP contribution in [-0.4, -0.2) is 64.2 Å². The zero-order valence-corrected chi connectivity index (χ0v) is 13.7. The van der Waals surface area contributed by atoms with Gasteiger partial charge in [0.2, 0.25) is 0 Å². The Kier molecular flexibility index (Phi) is 13.7. The van der Waals surface area contributed by atoms with Gasteiger partial charge in [-0.1, -0.05) is 51.9 Å². The third-order valence-electron chi connectivity index (χ3n) is 3.87. The highest BCUT2D eigenvalue weighted by Crippen LogP contribution is 2.09. The van der Waals surface area contributed by atoms with Gasteiger partial charge in [-0.3, -0.25) is 0 Å². The van der Waals surface area contributed by atoms with Gasteiger partial charge in [0.15, 0.2) is 0 Å². The molecular weight excluding hydrogens is 286 g/mol. The monoisotopic (exact) mass is 319 g/mol. The Labute approximate surface area is 133 Å². The van der Waals surface area contributed by atoms with E-state index in [2.05, 4.69) is 12.2 Å². The highest BCUT2D eigenvalue weighted by atomic mass is 16.4. The van der Waals surface area contributed by atoms with Gasteiger partial charge in [-0.25, -0.2) is 0 Å². The fourth-order valence-electron chi connectivity index (χ4n) is 2.40. The van der Waals surface area contributed by atoms with Gasteiger partial charge in [0, 0.05) is 0 Å². The lowest BCUT2D eigenvalue weighted by Crippen LogP contribution is -2.54. The minimum atomic E-state index is -1.41. The van der Waals surface area contributed by atoms with Crippen LogP contribution >= 0.6 is 0 Å². The zero-order chi connectivity index (χ0) is 16.8. The molecule has 132 valence electrons. The van der Waals surface area contributed by atoms with E-state index < -0.39 is 31.0 Å². The van der Waals surface area contributed by atoms with Crippen molar-refractivity contribution in [1.29, 1.82) is 0 Å². The van der Waals surface area contributed by atoms with Crippen LogP contribution < -0.4 is 5.32 Å². The van der Waals surface area contributed by atoms with Crippen molar-refractivity contribution in [1.82, 2.24) is 5.32 Å². The number of hydrogen-bond acceptors (Lipinski definition) is 6. The molecule has 0 spiro atoms. The number of hydrogen-bond donors (Lipinski definition) is 5. The first-order valence-corrected chi connectivity index (χ1v) is 8.42. The highest BCUT2D eigenvalue weighted by Gasteiger charge is 2.30. The van der Waals surface area contributed by atoms with Gasteiger partial charge in [-0.2, -0.15) is 0 Å². The van der Waals surface area contributed by atoms with Crippen molar-refractivity contribution in [3.63, 3.8) is 0 Å². The largest absolute Gasteiger partial charge is 0.394 e. The molecule has 0 aromatic rings. The first kappa shape index (κ1) is 21.5. The summed E-state index contributed by atoms with van der Waals surface area (Å²) in [5.41, 5.74) is 0. The first-order chi connectivity index (χ1) is 10.6. The van der Waals surface area contributed by atoms with Gasteiger partial charge < -0.3 is 30.5 Å². The van der Waals surface area contributed by atoms with Crippen LogP contribution in [0.25, 0.3) is 0 Å². The molecule has 5 N–H and O–H groups in total. The van der Waals surface area contributed by atoms with Crippen LogP contribution in [0.4, 0.5) is 0 Å². The average Bonchev–Trinajstić information content (AvgIpc) is 2.54. The van der Waals surface area contributed by atoms with Crippen molar-refractivity contribution >= 4 is 6.29 Å². The Balaban J connectivity index is 3.87. The van der Waals surface area contributed by atoms with Crippen LogP contribution in [0.1, 0.15) is 58.3 Å². The highest BCUT2D eigenvalue weighted by molar-refractivity contribution is 5.57. The van der Waals surface area contributed by atoms with E-state index in [1.54, 1.807) is 0 Å². The Hall–Kier alpha value is -0.530. The normalized spacial score (nSPS) is 17.0. The van der Waals surface area contributed by atoms with Crippen LogP contribution in [0.3, 0.4) is 0 Å². The van der Waals surface area contributed by atoms with Crippen LogP contribution in [0.2, 0.25) is 0 Å². The van der Waals surface area contributed by atoms with E-state index in [1.165, 1.54) is 32.1 Å². The first-order valence-electron chi connectivity index (χ1n) is 8.42. The van der Waals surface area contributed by atoms with Crippen LogP contribution in [0.15, 0.2) is 0 Å². The quantitative estimate of drug-likeness (QED) is 0.220. The van der Waals surface area contributed by atoms with E-state index in [0.717, 1.165) is 19.3 Å². The smallest absolute Gasteiger partial charge is 0.150 e. The molecule has 0 radical (unpaired) electrons. The van der Waals surface area contributed by atoms with Gasteiger partial charge in [-0.15, -0.1) is 0 Å². The molecule has 0 rings (SSSR count). The Morgan fingerprint density at radius 1 is 0.955 bits per heavy atom. The number of nitrogens with one attached hydrogen (secondary N) is 1. The molecule has 0 fully saturated rings. The van der Waals surface area contributed by atoms with Crippen LogP contribution in [-0.2, 0) is 4.79 Å². The molecule has 6 heteroatoms. The number of carbonyl (C=O) groups is 1. The molecular formula is C16H33NO5. The fraction of sp³-hybridized carbons (Fsp3) is 0.938. The maximum Gasteiger partial charge on any atom is 0.150 e. The summed E-state index contributed by atoms with van der Waals surface area (Å²) < 4.78 is 0. The van der Waals surface area contributed by atoms with Crippen molar-refractivity contribution in [2.24, 2.45) is 0 Å². The van der Waals surface area contributed by atoms with Gasteiger partial charge in [-0.05, 0) is 13.0 Å². The Morgan fingerprint density at radius 3 is 2.00 bits per heavy atom. The molecule has 6 nitrogen and oxygen atoms in total. The van der Waals surface area contributed by atoms with Crippen molar-refractivity contribution in [2.45, 2.75) is 82.6 Å². The third kappa shape index (κ3) is 9.48. The standard InChI is InChI=1S/C16H33NO5/c1-2-3-4-5-6-7-8-9-10-17-15(13(20)11-18)16(22)14(21)12-19/h11,13-17,19-22H,2-10,12H2,1H3/t13-,14+,15+,16+/m0/s1. The maximum absolute atomic E-state index is 10.7. The van der Waals surface area contributed by atoms with E-state index in [-0.39, 0.29) is 0 Å². The fourth-order valence-corrected chi connectivity index (χ4v) is 2.40. The summed E-state index contributed by atoms with van der Waals surface area (Å²) in [6.45, 7) is 2.11. The lowest BCUT2D eigenvalue weighted by Gasteiger charge is -2.28. The summed E-state index contributed by atoms with van der Waals surface area (Å²) in [6.07, 6.45) is 5.49. The number of aliphatic hydroxyl groups excluding tert-OH is 4. The summed E-state index contributed by atoms with van der Waals surface area (Å²) in [4.78, 5) is 10.7. The molecule has 4 atom stereocenters. The summed E-state index contributed by atoms with van der Waals surface area (Å²) >= 11 is 0. The van der Waals surface area contributed by atoms with E-state index in [9.17, 15) is 20.1 Å². The molecule has 0 aromatic heterocycles. The van der Waals surface area contributed by atoms with E-state index >= 15 is 0 Å². The molecule has 0 unspecified atom stereocenters. The average molecular weight is 319 g/mol. The van der Waals surface area contributed by atoms with E-state index in [1.807, 2.05) is 0 Å². The van der Waals surface area contributed by atoms with E-state index in [4.69, 9.17) is 5.11 Å².